The monoisotopic (exact) mass is 190 g/mol. The molecule has 1 rings (SSSR count). The molecule has 1 aromatic carbocycles. The molecule has 14 heavy (non-hydrogen) atoms. The Kier molecular flexibility index (Phi) is 4.48. The Bertz CT molecular complexity index is 316. The van der Waals surface area contributed by atoms with Gasteiger partial charge in [0.15, 0.2) is 0 Å². The highest BCUT2D eigenvalue weighted by atomic mass is 16.3. The number of phenols is 1. The van der Waals surface area contributed by atoms with Crippen LogP contribution >= 0.6 is 0 Å². The number of unbranched alkanes of at least 4 members (excludes halogenated alkanes) is 2. The average molecular weight is 190 g/mol. The van der Waals surface area contributed by atoms with Crippen LogP contribution in [-0.4, -0.2) is 11.4 Å². The summed E-state index contributed by atoms with van der Waals surface area (Å²) in [6.07, 6.45) is 7.29. The first-order chi connectivity index (χ1) is 6.83. The Morgan fingerprint density at radius 1 is 1.29 bits per heavy atom. The number of aromatic hydroxyl groups is 1. The van der Waals surface area contributed by atoms with Gasteiger partial charge in [-0.3, -0.25) is 0 Å². The molecule has 0 unspecified atom stereocenters. The van der Waals surface area contributed by atoms with E-state index in [0.29, 0.717) is 6.42 Å². The van der Waals surface area contributed by atoms with E-state index in [1.165, 1.54) is 0 Å². The third kappa shape index (κ3) is 3.90. The maximum absolute atomic E-state index is 10.0. The summed E-state index contributed by atoms with van der Waals surface area (Å²) in [4.78, 5) is 10.0. The topological polar surface area (TPSA) is 37.3 Å². The number of benzene rings is 1. The van der Waals surface area contributed by atoms with Crippen LogP contribution in [0.15, 0.2) is 30.3 Å². The van der Waals surface area contributed by atoms with Gasteiger partial charge in [0.05, 0.1) is 0 Å². The molecule has 0 atom stereocenters. The second-order valence-corrected chi connectivity index (χ2v) is 3.09. The van der Waals surface area contributed by atoms with E-state index in [2.05, 4.69) is 0 Å². The molecule has 0 aliphatic heterocycles. The number of carbonyl (C=O) groups excluding carboxylic acids is 1. The highest BCUT2D eigenvalue weighted by Crippen LogP contribution is 2.12. The standard InChI is InChI=1S/C12H14O2/c13-9-4-2-1-3-6-11-7-5-8-12(14)10-11/h3,5-10,14H,1-2,4H2/b6-3+. The highest BCUT2D eigenvalue weighted by Gasteiger charge is 1.88. The summed E-state index contributed by atoms with van der Waals surface area (Å²) in [5.74, 6) is 0.278. The first-order valence-corrected chi connectivity index (χ1v) is 4.72. The minimum Gasteiger partial charge on any atom is -0.508 e. The van der Waals surface area contributed by atoms with Crippen molar-refractivity contribution in [1.82, 2.24) is 0 Å². The van der Waals surface area contributed by atoms with Crippen molar-refractivity contribution in [3.8, 4) is 5.75 Å². The lowest BCUT2D eigenvalue weighted by Crippen LogP contribution is -1.74. The summed E-state index contributed by atoms with van der Waals surface area (Å²) < 4.78 is 0. The number of aldehydes is 1. The molecule has 0 fully saturated rings. The maximum atomic E-state index is 10.0. The van der Waals surface area contributed by atoms with Gasteiger partial charge in [0, 0.05) is 6.42 Å². The smallest absolute Gasteiger partial charge is 0.120 e. The van der Waals surface area contributed by atoms with Crippen molar-refractivity contribution in [2.45, 2.75) is 19.3 Å². The Morgan fingerprint density at radius 3 is 2.86 bits per heavy atom. The van der Waals surface area contributed by atoms with Crippen molar-refractivity contribution in [2.75, 3.05) is 0 Å². The van der Waals surface area contributed by atoms with Crippen molar-refractivity contribution in [3.63, 3.8) is 0 Å². The summed E-state index contributed by atoms with van der Waals surface area (Å²) in [6, 6.07) is 7.08. The molecule has 0 amide bonds. The fourth-order valence-electron chi connectivity index (χ4n) is 1.17. The predicted molar refractivity (Wildman–Crippen MR) is 57.1 cm³/mol. The van der Waals surface area contributed by atoms with Crippen LogP contribution in [0.5, 0.6) is 5.75 Å². The first kappa shape index (κ1) is 10.5. The van der Waals surface area contributed by atoms with E-state index in [4.69, 9.17) is 0 Å². The molecular weight excluding hydrogens is 176 g/mol. The van der Waals surface area contributed by atoms with E-state index in [0.717, 1.165) is 24.7 Å². The molecule has 1 N–H and O–H groups in total. The summed E-state index contributed by atoms with van der Waals surface area (Å²) in [5.41, 5.74) is 0.983. The van der Waals surface area contributed by atoms with Crippen molar-refractivity contribution in [1.29, 1.82) is 0 Å². The second-order valence-electron chi connectivity index (χ2n) is 3.09. The number of phenolic OH excluding ortho intramolecular Hbond substituents is 1. The first-order valence-electron chi connectivity index (χ1n) is 4.72. The van der Waals surface area contributed by atoms with E-state index in [1.54, 1.807) is 18.2 Å². The molecule has 0 radical (unpaired) electrons. The molecule has 0 heterocycles. The maximum Gasteiger partial charge on any atom is 0.120 e. The number of rotatable bonds is 5. The van der Waals surface area contributed by atoms with Crippen LogP contribution in [0.2, 0.25) is 0 Å². The number of hydrogen-bond acceptors (Lipinski definition) is 2. The van der Waals surface area contributed by atoms with E-state index < -0.39 is 0 Å². The van der Waals surface area contributed by atoms with Gasteiger partial charge in [-0.05, 0) is 30.5 Å². The van der Waals surface area contributed by atoms with Gasteiger partial charge in [0.25, 0.3) is 0 Å². The van der Waals surface area contributed by atoms with Gasteiger partial charge in [-0.25, -0.2) is 0 Å². The molecule has 0 spiro atoms. The van der Waals surface area contributed by atoms with Crippen molar-refractivity contribution in [3.05, 3.63) is 35.9 Å². The Morgan fingerprint density at radius 2 is 2.14 bits per heavy atom. The molecule has 0 saturated heterocycles. The third-order valence-electron chi connectivity index (χ3n) is 1.87. The minimum absolute atomic E-state index is 0.278. The zero-order valence-corrected chi connectivity index (χ0v) is 8.02. The van der Waals surface area contributed by atoms with Crippen LogP contribution in [0, 0.1) is 0 Å². The Hall–Kier alpha value is -1.57. The van der Waals surface area contributed by atoms with E-state index in [-0.39, 0.29) is 5.75 Å². The van der Waals surface area contributed by atoms with Crippen LogP contribution in [0.1, 0.15) is 24.8 Å². The fourth-order valence-corrected chi connectivity index (χ4v) is 1.17. The largest absolute Gasteiger partial charge is 0.508 e. The molecule has 0 aromatic heterocycles. The molecule has 0 aliphatic carbocycles. The van der Waals surface area contributed by atoms with Crippen LogP contribution in [0.3, 0.4) is 0 Å². The Labute approximate surface area is 83.9 Å². The fraction of sp³-hybridized carbons (Fsp3) is 0.250. The molecule has 0 bridgehead atoms. The average Bonchev–Trinajstić information content (AvgIpc) is 2.18. The zero-order valence-electron chi connectivity index (χ0n) is 8.02. The lowest BCUT2D eigenvalue weighted by atomic mass is 10.1. The number of hydrogen-bond donors (Lipinski definition) is 1. The lowest BCUT2D eigenvalue weighted by Gasteiger charge is -1.94. The zero-order chi connectivity index (χ0) is 10.2. The minimum atomic E-state index is 0.278. The van der Waals surface area contributed by atoms with Gasteiger partial charge in [-0.1, -0.05) is 24.3 Å². The Balaban J connectivity index is 2.39. The number of carbonyl (C=O) groups is 1. The van der Waals surface area contributed by atoms with Gasteiger partial charge < -0.3 is 9.90 Å². The van der Waals surface area contributed by atoms with Gasteiger partial charge in [0.2, 0.25) is 0 Å². The summed E-state index contributed by atoms with van der Waals surface area (Å²) in [5, 5.41) is 9.17. The van der Waals surface area contributed by atoms with E-state index in [1.807, 2.05) is 18.2 Å². The summed E-state index contributed by atoms with van der Waals surface area (Å²) in [7, 11) is 0. The van der Waals surface area contributed by atoms with Gasteiger partial charge in [-0.2, -0.15) is 0 Å². The lowest BCUT2D eigenvalue weighted by molar-refractivity contribution is -0.107. The van der Waals surface area contributed by atoms with E-state index >= 15 is 0 Å². The van der Waals surface area contributed by atoms with E-state index in [9.17, 15) is 9.90 Å². The van der Waals surface area contributed by atoms with Gasteiger partial charge >= 0.3 is 0 Å². The molecule has 0 aliphatic rings. The molecule has 2 nitrogen and oxygen atoms in total. The van der Waals surface area contributed by atoms with Crippen molar-refractivity contribution >= 4 is 12.4 Å². The molecule has 1 aromatic rings. The molecular formula is C12H14O2. The highest BCUT2D eigenvalue weighted by molar-refractivity contribution is 5.51. The third-order valence-corrected chi connectivity index (χ3v) is 1.87. The second kappa shape index (κ2) is 5.97. The number of allylic oxidation sites excluding steroid dienone is 1. The quantitative estimate of drug-likeness (QED) is 0.572. The summed E-state index contributed by atoms with van der Waals surface area (Å²) in [6.45, 7) is 0. The SMILES string of the molecule is O=CCCC/C=C/c1cccc(O)c1. The summed E-state index contributed by atoms with van der Waals surface area (Å²) >= 11 is 0. The van der Waals surface area contributed by atoms with Crippen molar-refractivity contribution in [2.24, 2.45) is 0 Å². The van der Waals surface area contributed by atoms with Gasteiger partial charge in [-0.15, -0.1) is 0 Å². The van der Waals surface area contributed by atoms with Gasteiger partial charge in [0.1, 0.15) is 12.0 Å². The van der Waals surface area contributed by atoms with Crippen molar-refractivity contribution < 1.29 is 9.90 Å². The molecule has 2 heteroatoms. The van der Waals surface area contributed by atoms with Crippen LogP contribution in [-0.2, 0) is 4.79 Å². The molecule has 0 saturated carbocycles. The normalized spacial score (nSPS) is 10.6. The predicted octanol–water partition coefficient (Wildman–Crippen LogP) is 2.77. The van der Waals surface area contributed by atoms with Crippen LogP contribution in [0.4, 0.5) is 0 Å². The van der Waals surface area contributed by atoms with Crippen LogP contribution < -0.4 is 0 Å². The molecule has 74 valence electrons. The van der Waals surface area contributed by atoms with Crippen LogP contribution in [0.25, 0.3) is 6.08 Å².